The van der Waals surface area contributed by atoms with E-state index in [4.69, 9.17) is 17.3 Å². The van der Waals surface area contributed by atoms with Crippen molar-refractivity contribution in [3.05, 3.63) is 64.7 Å². The minimum absolute atomic E-state index is 0.0777. The minimum atomic E-state index is -0.224. The Kier molecular flexibility index (Phi) is 4.28. The zero-order chi connectivity index (χ0) is 13.0. The molecule has 0 saturated carbocycles. The van der Waals surface area contributed by atoms with Gasteiger partial charge < -0.3 is 5.73 Å². The third-order valence-corrected chi connectivity index (χ3v) is 3.29. The summed E-state index contributed by atoms with van der Waals surface area (Å²) in [5, 5.41) is 0.590. The second-order valence-electron chi connectivity index (χ2n) is 4.13. The maximum Gasteiger partial charge on any atom is 0.126 e. The van der Waals surface area contributed by atoms with Gasteiger partial charge in [0.15, 0.2) is 0 Å². The zero-order valence-corrected chi connectivity index (χ0v) is 10.6. The predicted molar refractivity (Wildman–Crippen MR) is 71.1 cm³/mol. The van der Waals surface area contributed by atoms with E-state index < -0.39 is 0 Å². The summed E-state index contributed by atoms with van der Waals surface area (Å²) in [6.07, 6.45) is 3.88. The van der Waals surface area contributed by atoms with E-state index in [1.54, 1.807) is 24.5 Å². The third kappa shape index (κ3) is 2.86. The van der Waals surface area contributed by atoms with Crippen molar-refractivity contribution in [2.24, 2.45) is 5.73 Å². The largest absolute Gasteiger partial charge is 0.330 e. The molecule has 0 spiro atoms. The van der Waals surface area contributed by atoms with Crippen molar-refractivity contribution in [1.29, 1.82) is 0 Å². The van der Waals surface area contributed by atoms with Gasteiger partial charge in [-0.15, -0.1) is 0 Å². The van der Waals surface area contributed by atoms with Crippen LogP contribution in [0.4, 0.5) is 4.39 Å². The average Bonchev–Trinajstić information content (AvgIpc) is 2.39. The van der Waals surface area contributed by atoms with Crippen molar-refractivity contribution < 1.29 is 4.39 Å². The molecule has 0 fully saturated rings. The Hall–Kier alpha value is -1.45. The lowest BCUT2D eigenvalue weighted by Gasteiger charge is -2.16. The second kappa shape index (κ2) is 5.94. The van der Waals surface area contributed by atoms with Crippen molar-refractivity contribution >= 4 is 11.6 Å². The average molecular weight is 265 g/mol. The molecular weight excluding hydrogens is 251 g/mol. The Labute approximate surface area is 111 Å². The summed E-state index contributed by atoms with van der Waals surface area (Å²) in [7, 11) is 0. The molecule has 18 heavy (non-hydrogen) atoms. The third-order valence-electron chi connectivity index (χ3n) is 2.95. The normalized spacial score (nSPS) is 12.4. The number of rotatable bonds is 4. The SMILES string of the molecule is NCC(Cc1ccncc1Cl)c1ccccc1F. The maximum atomic E-state index is 13.7. The molecule has 1 aromatic heterocycles. The monoisotopic (exact) mass is 264 g/mol. The topological polar surface area (TPSA) is 38.9 Å². The smallest absolute Gasteiger partial charge is 0.126 e. The molecule has 0 radical (unpaired) electrons. The number of aromatic nitrogens is 1. The lowest BCUT2D eigenvalue weighted by Crippen LogP contribution is -2.16. The Morgan fingerprint density at radius 3 is 2.72 bits per heavy atom. The predicted octanol–water partition coefficient (Wildman–Crippen LogP) is 3.16. The van der Waals surface area contributed by atoms with E-state index in [1.807, 2.05) is 12.1 Å². The van der Waals surface area contributed by atoms with Crippen LogP contribution in [0, 0.1) is 5.82 Å². The van der Waals surface area contributed by atoms with Gasteiger partial charge in [-0.1, -0.05) is 29.8 Å². The fraction of sp³-hybridized carbons (Fsp3) is 0.214. The molecule has 2 N–H and O–H groups in total. The van der Waals surface area contributed by atoms with Gasteiger partial charge in [0.05, 0.1) is 5.02 Å². The van der Waals surface area contributed by atoms with Crippen molar-refractivity contribution in [3.63, 3.8) is 0 Å². The fourth-order valence-corrected chi connectivity index (χ4v) is 2.16. The van der Waals surface area contributed by atoms with Crippen molar-refractivity contribution in [1.82, 2.24) is 4.98 Å². The van der Waals surface area contributed by atoms with Crippen molar-refractivity contribution in [2.45, 2.75) is 12.3 Å². The summed E-state index contributed by atoms with van der Waals surface area (Å²) in [4.78, 5) is 3.93. The number of pyridine rings is 1. The van der Waals surface area contributed by atoms with Crippen LogP contribution in [0.15, 0.2) is 42.7 Å². The minimum Gasteiger partial charge on any atom is -0.330 e. The van der Waals surface area contributed by atoms with Gasteiger partial charge in [-0.25, -0.2) is 4.39 Å². The highest BCUT2D eigenvalue weighted by molar-refractivity contribution is 6.31. The molecule has 1 heterocycles. The summed E-state index contributed by atoms with van der Waals surface area (Å²) in [6.45, 7) is 0.375. The van der Waals surface area contributed by atoms with Gasteiger partial charge in [0, 0.05) is 18.3 Å². The van der Waals surface area contributed by atoms with Crippen LogP contribution in [0.1, 0.15) is 17.0 Å². The first-order valence-corrected chi connectivity index (χ1v) is 6.13. The van der Waals surface area contributed by atoms with Crippen LogP contribution in [0.3, 0.4) is 0 Å². The van der Waals surface area contributed by atoms with Gasteiger partial charge in [-0.2, -0.15) is 0 Å². The van der Waals surface area contributed by atoms with Gasteiger partial charge in [-0.05, 0) is 36.2 Å². The van der Waals surface area contributed by atoms with Gasteiger partial charge in [0.1, 0.15) is 5.82 Å². The zero-order valence-electron chi connectivity index (χ0n) is 9.81. The maximum absolute atomic E-state index is 13.7. The fourth-order valence-electron chi connectivity index (χ4n) is 1.96. The molecule has 0 amide bonds. The van der Waals surface area contributed by atoms with E-state index in [1.165, 1.54) is 6.07 Å². The number of benzene rings is 1. The molecule has 0 aliphatic rings. The molecule has 4 heteroatoms. The first-order chi connectivity index (χ1) is 8.72. The number of hydrogen-bond acceptors (Lipinski definition) is 2. The summed E-state index contributed by atoms with van der Waals surface area (Å²) < 4.78 is 13.7. The van der Waals surface area contributed by atoms with Crippen LogP contribution in [0.5, 0.6) is 0 Å². The van der Waals surface area contributed by atoms with E-state index in [2.05, 4.69) is 4.98 Å². The molecule has 0 aliphatic carbocycles. The molecule has 0 saturated heterocycles. The van der Waals surface area contributed by atoms with E-state index in [0.717, 1.165) is 5.56 Å². The Bertz CT molecular complexity index is 531. The quantitative estimate of drug-likeness (QED) is 0.921. The Balaban J connectivity index is 2.26. The van der Waals surface area contributed by atoms with Gasteiger partial charge in [-0.3, -0.25) is 4.98 Å². The molecule has 2 nitrogen and oxygen atoms in total. The van der Waals surface area contributed by atoms with E-state index in [0.29, 0.717) is 23.6 Å². The van der Waals surface area contributed by atoms with Crippen LogP contribution < -0.4 is 5.73 Å². The standard InChI is InChI=1S/C14H14ClFN2/c15-13-9-18-6-5-10(13)7-11(8-17)12-3-1-2-4-14(12)16/h1-6,9,11H,7-8,17H2. The lowest BCUT2D eigenvalue weighted by atomic mass is 9.92. The van der Waals surface area contributed by atoms with Crippen LogP contribution in [0.2, 0.25) is 5.02 Å². The Morgan fingerprint density at radius 1 is 1.28 bits per heavy atom. The van der Waals surface area contributed by atoms with Crippen molar-refractivity contribution in [3.8, 4) is 0 Å². The number of nitrogens with zero attached hydrogens (tertiary/aromatic N) is 1. The van der Waals surface area contributed by atoms with Gasteiger partial charge >= 0.3 is 0 Å². The van der Waals surface area contributed by atoms with E-state index in [-0.39, 0.29) is 11.7 Å². The molecular formula is C14H14ClFN2. The first-order valence-electron chi connectivity index (χ1n) is 5.75. The molecule has 1 unspecified atom stereocenters. The van der Waals surface area contributed by atoms with Crippen LogP contribution in [-0.2, 0) is 6.42 Å². The molecule has 0 bridgehead atoms. The van der Waals surface area contributed by atoms with Crippen molar-refractivity contribution in [2.75, 3.05) is 6.54 Å². The number of hydrogen-bond donors (Lipinski definition) is 1. The van der Waals surface area contributed by atoms with Crippen LogP contribution in [0.25, 0.3) is 0 Å². The Morgan fingerprint density at radius 2 is 2.06 bits per heavy atom. The highest BCUT2D eigenvalue weighted by Crippen LogP contribution is 2.25. The molecule has 0 aliphatic heterocycles. The summed E-state index contributed by atoms with van der Waals surface area (Å²) >= 11 is 6.06. The van der Waals surface area contributed by atoms with Gasteiger partial charge in [0.2, 0.25) is 0 Å². The van der Waals surface area contributed by atoms with Crippen LogP contribution in [-0.4, -0.2) is 11.5 Å². The first kappa shape index (κ1) is 13.0. The molecule has 2 aromatic rings. The lowest BCUT2D eigenvalue weighted by molar-refractivity contribution is 0.575. The van der Waals surface area contributed by atoms with Gasteiger partial charge in [0.25, 0.3) is 0 Å². The number of nitrogens with two attached hydrogens (primary N) is 1. The van der Waals surface area contributed by atoms with Crippen LogP contribution >= 0.6 is 11.6 Å². The highest BCUT2D eigenvalue weighted by atomic mass is 35.5. The second-order valence-corrected chi connectivity index (χ2v) is 4.53. The molecule has 94 valence electrons. The molecule has 1 atom stereocenters. The molecule has 2 rings (SSSR count). The number of halogens is 2. The molecule has 1 aromatic carbocycles. The summed E-state index contributed by atoms with van der Waals surface area (Å²) in [5.41, 5.74) is 7.31. The summed E-state index contributed by atoms with van der Waals surface area (Å²) in [6, 6.07) is 8.54. The van der Waals surface area contributed by atoms with E-state index in [9.17, 15) is 4.39 Å². The summed E-state index contributed by atoms with van der Waals surface area (Å²) in [5.74, 6) is -0.302. The van der Waals surface area contributed by atoms with E-state index >= 15 is 0 Å². The highest BCUT2D eigenvalue weighted by Gasteiger charge is 2.15.